The Morgan fingerprint density at radius 1 is 0.679 bits per heavy atom. The summed E-state index contributed by atoms with van der Waals surface area (Å²) in [5.74, 6) is 0. The van der Waals surface area contributed by atoms with Crippen LogP contribution in [0.1, 0.15) is 13.8 Å². The zero-order valence-electron chi connectivity index (χ0n) is 17.3. The summed E-state index contributed by atoms with van der Waals surface area (Å²) in [6.45, 7) is 4.26. The fourth-order valence-corrected chi connectivity index (χ4v) is 3.46. The molecule has 1 heterocycles. The van der Waals surface area contributed by atoms with E-state index in [-0.39, 0.29) is 0 Å². The van der Waals surface area contributed by atoms with E-state index < -0.39 is 0 Å². The number of rotatable bonds is 6. The van der Waals surface area contributed by atoms with Crippen molar-refractivity contribution in [1.29, 1.82) is 0 Å². The van der Waals surface area contributed by atoms with Crippen LogP contribution in [0.5, 0.6) is 0 Å². The molecule has 0 N–H and O–H groups in total. The molecule has 0 saturated carbocycles. The summed E-state index contributed by atoms with van der Waals surface area (Å²) in [6, 6.07) is 16.7. The fraction of sp³-hybridized carbons (Fsp3) is 0.318. The highest BCUT2D eigenvalue weighted by Crippen LogP contribution is 2.32. The van der Waals surface area contributed by atoms with Crippen LogP contribution in [0.4, 0.5) is 11.4 Å². The molecule has 1 aromatic heterocycles. The van der Waals surface area contributed by atoms with Crippen LogP contribution in [0.25, 0.3) is 22.5 Å². The van der Waals surface area contributed by atoms with Gasteiger partial charge in [-0.05, 0) is 24.3 Å². The zero-order chi connectivity index (χ0) is 20.3. The van der Waals surface area contributed by atoms with E-state index in [1.807, 2.05) is 28.2 Å². The summed E-state index contributed by atoms with van der Waals surface area (Å²) in [6.07, 6.45) is 0. The normalized spacial score (nSPS) is 11.0. The molecule has 0 saturated heterocycles. The standard InChI is InChI=1S/C22H27N5S/c1-15(2)28-22-23-20(16-7-11-18(12-8-16)26(3)4)21(24-25-22)17-9-13-19(14-10-17)27(5)6/h7-15H,1-6H3. The smallest absolute Gasteiger partial charge is 0.209 e. The number of benzene rings is 2. The second-order valence-corrected chi connectivity index (χ2v) is 8.88. The van der Waals surface area contributed by atoms with E-state index in [0.717, 1.165) is 33.9 Å². The van der Waals surface area contributed by atoms with E-state index in [9.17, 15) is 0 Å². The van der Waals surface area contributed by atoms with Crippen molar-refractivity contribution in [1.82, 2.24) is 15.2 Å². The average molecular weight is 394 g/mol. The number of aromatic nitrogens is 3. The van der Waals surface area contributed by atoms with Crippen LogP contribution < -0.4 is 9.80 Å². The van der Waals surface area contributed by atoms with Gasteiger partial charge in [0.05, 0.1) is 0 Å². The van der Waals surface area contributed by atoms with Crippen molar-refractivity contribution >= 4 is 23.1 Å². The average Bonchev–Trinajstić information content (AvgIpc) is 2.67. The van der Waals surface area contributed by atoms with E-state index in [2.05, 4.69) is 82.4 Å². The Morgan fingerprint density at radius 3 is 1.57 bits per heavy atom. The quantitative estimate of drug-likeness (QED) is 0.559. The van der Waals surface area contributed by atoms with Gasteiger partial charge in [-0.2, -0.15) is 0 Å². The largest absolute Gasteiger partial charge is 0.378 e. The summed E-state index contributed by atoms with van der Waals surface area (Å²) in [4.78, 5) is 9.02. The molecule has 28 heavy (non-hydrogen) atoms. The number of nitrogens with zero attached hydrogens (tertiary/aromatic N) is 5. The van der Waals surface area contributed by atoms with Gasteiger partial charge in [0.25, 0.3) is 0 Å². The van der Waals surface area contributed by atoms with Crippen LogP contribution in [0, 0.1) is 0 Å². The van der Waals surface area contributed by atoms with Gasteiger partial charge in [-0.25, -0.2) is 4.98 Å². The summed E-state index contributed by atoms with van der Waals surface area (Å²) in [5.41, 5.74) is 6.02. The van der Waals surface area contributed by atoms with Crippen molar-refractivity contribution in [3.05, 3.63) is 48.5 Å². The monoisotopic (exact) mass is 393 g/mol. The van der Waals surface area contributed by atoms with Gasteiger partial charge in [-0.3, -0.25) is 0 Å². The predicted molar refractivity (Wildman–Crippen MR) is 120 cm³/mol. The SMILES string of the molecule is CC(C)Sc1nnc(-c2ccc(N(C)C)cc2)c(-c2ccc(N(C)C)cc2)n1. The molecule has 0 amide bonds. The maximum atomic E-state index is 4.86. The van der Waals surface area contributed by atoms with Crippen molar-refractivity contribution in [3.8, 4) is 22.5 Å². The van der Waals surface area contributed by atoms with Gasteiger partial charge in [-0.1, -0.05) is 49.9 Å². The first kappa shape index (κ1) is 20.1. The van der Waals surface area contributed by atoms with Gasteiger partial charge in [0, 0.05) is 55.9 Å². The molecule has 5 nitrogen and oxygen atoms in total. The molecular formula is C22H27N5S. The number of hydrogen-bond donors (Lipinski definition) is 0. The van der Waals surface area contributed by atoms with E-state index in [1.54, 1.807) is 11.8 Å². The molecule has 3 aromatic rings. The summed E-state index contributed by atoms with van der Waals surface area (Å²) >= 11 is 1.63. The summed E-state index contributed by atoms with van der Waals surface area (Å²) in [7, 11) is 8.14. The third kappa shape index (κ3) is 4.62. The molecule has 0 fully saturated rings. The Morgan fingerprint density at radius 2 is 1.14 bits per heavy atom. The number of hydrogen-bond acceptors (Lipinski definition) is 6. The molecule has 0 unspecified atom stereocenters. The molecule has 0 spiro atoms. The maximum Gasteiger partial charge on any atom is 0.209 e. The van der Waals surface area contributed by atoms with Gasteiger partial charge in [0.2, 0.25) is 5.16 Å². The lowest BCUT2D eigenvalue weighted by atomic mass is 10.0. The predicted octanol–water partition coefficient (Wildman–Crippen LogP) is 4.84. The van der Waals surface area contributed by atoms with Gasteiger partial charge in [-0.15, -0.1) is 10.2 Å². The lowest BCUT2D eigenvalue weighted by Crippen LogP contribution is -2.08. The highest BCUT2D eigenvalue weighted by atomic mass is 32.2. The van der Waals surface area contributed by atoms with Gasteiger partial charge in [0.1, 0.15) is 11.4 Å². The molecular weight excluding hydrogens is 366 g/mol. The molecule has 0 atom stereocenters. The van der Waals surface area contributed by atoms with E-state index >= 15 is 0 Å². The lowest BCUT2D eigenvalue weighted by molar-refractivity contribution is 0.845. The molecule has 146 valence electrons. The Labute approximate surface area is 171 Å². The van der Waals surface area contributed by atoms with Crippen LogP contribution in [0.2, 0.25) is 0 Å². The molecule has 0 bridgehead atoms. The second-order valence-electron chi connectivity index (χ2n) is 7.34. The zero-order valence-corrected chi connectivity index (χ0v) is 18.2. The van der Waals surface area contributed by atoms with Crippen molar-refractivity contribution in [2.24, 2.45) is 0 Å². The molecule has 3 rings (SSSR count). The van der Waals surface area contributed by atoms with Crippen LogP contribution in [-0.2, 0) is 0 Å². The second kappa shape index (κ2) is 8.61. The lowest BCUT2D eigenvalue weighted by Gasteiger charge is -2.15. The van der Waals surface area contributed by atoms with Crippen molar-refractivity contribution in [2.75, 3.05) is 38.0 Å². The molecule has 0 aliphatic rings. The first-order valence-electron chi connectivity index (χ1n) is 9.32. The first-order valence-corrected chi connectivity index (χ1v) is 10.2. The van der Waals surface area contributed by atoms with Crippen LogP contribution >= 0.6 is 11.8 Å². The number of thioether (sulfide) groups is 1. The molecule has 6 heteroatoms. The maximum absolute atomic E-state index is 4.86. The van der Waals surface area contributed by atoms with E-state index in [1.165, 1.54) is 0 Å². The molecule has 2 aromatic carbocycles. The van der Waals surface area contributed by atoms with Crippen LogP contribution in [-0.4, -0.2) is 48.6 Å². The molecule has 0 aliphatic heterocycles. The van der Waals surface area contributed by atoms with Crippen molar-refractivity contribution in [3.63, 3.8) is 0 Å². The molecule has 0 radical (unpaired) electrons. The van der Waals surface area contributed by atoms with E-state index in [0.29, 0.717) is 10.4 Å². The Hall–Kier alpha value is -2.60. The van der Waals surface area contributed by atoms with E-state index in [4.69, 9.17) is 4.98 Å². The Balaban J connectivity index is 2.08. The van der Waals surface area contributed by atoms with Gasteiger partial charge < -0.3 is 9.80 Å². The minimum absolute atomic E-state index is 0.399. The highest BCUT2D eigenvalue weighted by molar-refractivity contribution is 7.99. The fourth-order valence-electron chi connectivity index (χ4n) is 2.80. The molecule has 0 aliphatic carbocycles. The van der Waals surface area contributed by atoms with Gasteiger partial charge in [0.15, 0.2) is 0 Å². The van der Waals surface area contributed by atoms with Crippen LogP contribution in [0.15, 0.2) is 53.7 Å². The van der Waals surface area contributed by atoms with Crippen LogP contribution in [0.3, 0.4) is 0 Å². The Kier molecular flexibility index (Phi) is 6.19. The summed E-state index contributed by atoms with van der Waals surface area (Å²) in [5, 5.41) is 10.0. The number of anilines is 2. The third-order valence-electron chi connectivity index (χ3n) is 4.32. The topological polar surface area (TPSA) is 45.2 Å². The highest BCUT2D eigenvalue weighted by Gasteiger charge is 2.15. The minimum Gasteiger partial charge on any atom is -0.378 e. The summed E-state index contributed by atoms with van der Waals surface area (Å²) < 4.78 is 0. The minimum atomic E-state index is 0.399. The third-order valence-corrected chi connectivity index (χ3v) is 5.18. The Bertz CT molecular complexity index is 919. The first-order chi connectivity index (χ1) is 13.3. The van der Waals surface area contributed by atoms with Crippen molar-refractivity contribution < 1.29 is 0 Å². The van der Waals surface area contributed by atoms with Gasteiger partial charge >= 0.3 is 0 Å². The van der Waals surface area contributed by atoms with Crippen molar-refractivity contribution in [2.45, 2.75) is 24.3 Å².